The molecule has 7 nitrogen and oxygen atoms in total. The van der Waals surface area contributed by atoms with Crippen LogP contribution in [-0.2, 0) is 9.59 Å². The largest absolute Gasteiger partial charge is 0.355 e. The van der Waals surface area contributed by atoms with Gasteiger partial charge in [0.1, 0.15) is 5.71 Å². The van der Waals surface area contributed by atoms with Gasteiger partial charge >= 0.3 is 0 Å². The van der Waals surface area contributed by atoms with Gasteiger partial charge in [0.25, 0.3) is 11.8 Å². The first-order valence-corrected chi connectivity index (χ1v) is 9.07. The van der Waals surface area contributed by atoms with E-state index in [-0.39, 0.29) is 30.4 Å². The molecule has 0 fully saturated rings. The lowest BCUT2D eigenvalue weighted by atomic mass is 10.1. The van der Waals surface area contributed by atoms with E-state index in [1.807, 2.05) is 6.92 Å². The number of amides is 3. The fraction of sp³-hybridized carbons (Fsp3) is 0.200. The van der Waals surface area contributed by atoms with Crippen LogP contribution in [-0.4, -0.2) is 30.5 Å². The molecular weight excluding hydrogens is 380 g/mol. The molecule has 3 rings (SSSR count). The van der Waals surface area contributed by atoms with Crippen molar-refractivity contribution in [2.75, 3.05) is 17.4 Å². The van der Waals surface area contributed by atoms with Crippen LogP contribution >= 0.6 is 11.6 Å². The van der Waals surface area contributed by atoms with E-state index in [0.717, 1.165) is 5.56 Å². The summed E-state index contributed by atoms with van der Waals surface area (Å²) < 4.78 is 0. The smallest absolute Gasteiger partial charge is 0.271 e. The number of carbonyl (C=O) groups is 3. The van der Waals surface area contributed by atoms with Gasteiger partial charge in [-0.05, 0) is 48.9 Å². The summed E-state index contributed by atoms with van der Waals surface area (Å²) in [6, 6.07) is 11.7. The molecule has 28 heavy (non-hydrogen) atoms. The van der Waals surface area contributed by atoms with Crippen molar-refractivity contribution in [3.8, 4) is 0 Å². The molecule has 0 spiro atoms. The number of benzene rings is 2. The number of halogens is 1. The van der Waals surface area contributed by atoms with E-state index in [1.54, 1.807) is 49.5 Å². The van der Waals surface area contributed by atoms with Crippen molar-refractivity contribution in [3.63, 3.8) is 0 Å². The third kappa shape index (κ3) is 4.20. The summed E-state index contributed by atoms with van der Waals surface area (Å²) in [5.74, 6) is -0.810. The predicted octanol–water partition coefficient (Wildman–Crippen LogP) is 3.13. The van der Waals surface area contributed by atoms with Gasteiger partial charge in [0.15, 0.2) is 0 Å². The molecule has 1 aliphatic heterocycles. The lowest BCUT2D eigenvalue weighted by Gasteiger charge is -2.23. The number of hydrazone groups is 1. The number of anilines is 2. The maximum atomic E-state index is 12.6. The Hall–Kier alpha value is -3.19. The molecule has 1 heterocycles. The maximum absolute atomic E-state index is 12.6. The van der Waals surface area contributed by atoms with Crippen molar-refractivity contribution in [2.24, 2.45) is 5.10 Å². The van der Waals surface area contributed by atoms with Crippen molar-refractivity contribution in [1.29, 1.82) is 0 Å². The molecule has 0 saturated carbocycles. The van der Waals surface area contributed by atoms with E-state index >= 15 is 0 Å². The highest BCUT2D eigenvalue weighted by atomic mass is 35.5. The third-order valence-electron chi connectivity index (χ3n) is 4.33. The minimum Gasteiger partial charge on any atom is -0.355 e. The summed E-state index contributed by atoms with van der Waals surface area (Å²) in [5.41, 5.74) is 2.66. The van der Waals surface area contributed by atoms with Crippen molar-refractivity contribution >= 4 is 46.4 Å². The van der Waals surface area contributed by atoms with Gasteiger partial charge in [-0.3, -0.25) is 14.4 Å². The molecule has 0 radical (unpaired) electrons. The lowest BCUT2D eigenvalue weighted by Crippen LogP contribution is -2.36. The number of rotatable bonds is 4. The number of hydrogen-bond donors (Lipinski definition) is 2. The number of nitrogens with one attached hydrogen (secondary N) is 2. The molecule has 0 aromatic heterocycles. The summed E-state index contributed by atoms with van der Waals surface area (Å²) >= 11 is 6.14. The Morgan fingerprint density at radius 2 is 1.79 bits per heavy atom. The zero-order valence-electron chi connectivity index (χ0n) is 15.5. The predicted molar refractivity (Wildman–Crippen MR) is 109 cm³/mol. The van der Waals surface area contributed by atoms with Crippen molar-refractivity contribution < 1.29 is 14.4 Å². The second kappa shape index (κ2) is 8.22. The highest BCUT2D eigenvalue weighted by Gasteiger charge is 2.26. The molecule has 0 bridgehead atoms. The molecule has 0 aliphatic carbocycles. The summed E-state index contributed by atoms with van der Waals surface area (Å²) in [7, 11) is 1.55. The summed E-state index contributed by atoms with van der Waals surface area (Å²) in [6.45, 7) is 1.86. The monoisotopic (exact) mass is 398 g/mol. The van der Waals surface area contributed by atoms with Crippen molar-refractivity contribution in [3.05, 3.63) is 58.6 Å². The highest BCUT2D eigenvalue weighted by Crippen LogP contribution is 2.26. The van der Waals surface area contributed by atoms with Crippen LogP contribution in [0.3, 0.4) is 0 Å². The molecule has 8 heteroatoms. The van der Waals surface area contributed by atoms with Crippen LogP contribution in [0.25, 0.3) is 0 Å². The Kier molecular flexibility index (Phi) is 5.75. The first-order valence-electron chi connectivity index (χ1n) is 8.69. The van der Waals surface area contributed by atoms with Crippen LogP contribution in [0.2, 0.25) is 5.02 Å². The number of hydrogen-bond acceptors (Lipinski definition) is 4. The Labute approximate surface area is 167 Å². The zero-order valence-corrected chi connectivity index (χ0v) is 16.2. The molecular formula is C20H19ClN4O3. The van der Waals surface area contributed by atoms with E-state index in [0.29, 0.717) is 22.0 Å². The van der Waals surface area contributed by atoms with E-state index < -0.39 is 5.91 Å². The van der Waals surface area contributed by atoms with E-state index in [4.69, 9.17) is 11.6 Å². The number of nitrogens with zero attached hydrogens (tertiary/aromatic N) is 2. The van der Waals surface area contributed by atoms with Gasteiger partial charge in [0, 0.05) is 36.2 Å². The minimum atomic E-state index is -0.400. The standard InChI is InChI=1S/C20H19ClN4O3/c1-12-3-8-15(11-16(12)21)25-18(26)10-9-17(24-25)20(28)23-14-6-4-13(5-7-14)19(27)22-2/h3-8,11H,9-10H2,1-2H3,(H,22,27)(H,23,28). The minimum absolute atomic E-state index is 0.174. The summed E-state index contributed by atoms with van der Waals surface area (Å²) in [6.07, 6.45) is 0.421. The van der Waals surface area contributed by atoms with Gasteiger partial charge in [-0.25, -0.2) is 5.01 Å². The normalized spacial score (nSPS) is 13.8. The molecule has 144 valence electrons. The first kappa shape index (κ1) is 19.6. The van der Waals surface area contributed by atoms with Crippen LogP contribution in [0.1, 0.15) is 28.8 Å². The van der Waals surface area contributed by atoms with Crippen LogP contribution in [0.5, 0.6) is 0 Å². The van der Waals surface area contributed by atoms with Gasteiger partial charge in [-0.15, -0.1) is 0 Å². The number of carbonyl (C=O) groups excluding carboxylic acids is 3. The Balaban J connectivity index is 1.78. The molecule has 2 aromatic rings. The molecule has 0 saturated heterocycles. The van der Waals surface area contributed by atoms with E-state index in [2.05, 4.69) is 15.7 Å². The second-order valence-electron chi connectivity index (χ2n) is 6.30. The molecule has 1 aliphatic rings. The summed E-state index contributed by atoms with van der Waals surface area (Å²) in [4.78, 5) is 36.4. The average Bonchev–Trinajstić information content (AvgIpc) is 2.70. The molecule has 3 amide bonds. The molecule has 0 unspecified atom stereocenters. The van der Waals surface area contributed by atoms with E-state index in [9.17, 15) is 14.4 Å². The van der Waals surface area contributed by atoms with Gasteiger partial charge in [-0.1, -0.05) is 17.7 Å². The van der Waals surface area contributed by atoms with Gasteiger partial charge < -0.3 is 10.6 Å². The lowest BCUT2D eigenvalue weighted by molar-refractivity contribution is -0.118. The van der Waals surface area contributed by atoms with Gasteiger partial charge in [0.2, 0.25) is 5.91 Å². The highest BCUT2D eigenvalue weighted by molar-refractivity contribution is 6.44. The Morgan fingerprint density at radius 1 is 1.07 bits per heavy atom. The van der Waals surface area contributed by atoms with Gasteiger partial charge in [0.05, 0.1) is 5.69 Å². The Morgan fingerprint density at radius 3 is 2.43 bits per heavy atom. The average molecular weight is 399 g/mol. The molecule has 2 aromatic carbocycles. The molecule has 2 N–H and O–H groups in total. The molecule has 0 atom stereocenters. The summed E-state index contributed by atoms with van der Waals surface area (Å²) in [5, 5.41) is 11.2. The van der Waals surface area contributed by atoms with Crippen molar-refractivity contribution in [2.45, 2.75) is 19.8 Å². The van der Waals surface area contributed by atoms with Crippen LogP contribution < -0.4 is 15.6 Å². The maximum Gasteiger partial charge on any atom is 0.271 e. The third-order valence-corrected chi connectivity index (χ3v) is 4.73. The fourth-order valence-electron chi connectivity index (χ4n) is 2.68. The fourth-order valence-corrected chi connectivity index (χ4v) is 2.86. The SMILES string of the molecule is CNC(=O)c1ccc(NC(=O)C2=NN(c3ccc(C)c(Cl)c3)C(=O)CC2)cc1. The van der Waals surface area contributed by atoms with Crippen LogP contribution in [0.15, 0.2) is 47.6 Å². The topological polar surface area (TPSA) is 90.9 Å². The van der Waals surface area contributed by atoms with Crippen LogP contribution in [0, 0.1) is 6.92 Å². The first-order chi connectivity index (χ1) is 13.4. The van der Waals surface area contributed by atoms with Crippen LogP contribution in [0.4, 0.5) is 11.4 Å². The zero-order chi connectivity index (χ0) is 20.3. The second-order valence-corrected chi connectivity index (χ2v) is 6.70. The number of aryl methyl sites for hydroxylation is 1. The van der Waals surface area contributed by atoms with Crippen molar-refractivity contribution in [1.82, 2.24) is 5.32 Å². The Bertz CT molecular complexity index is 970. The quantitative estimate of drug-likeness (QED) is 0.828. The van der Waals surface area contributed by atoms with E-state index in [1.165, 1.54) is 5.01 Å². The van der Waals surface area contributed by atoms with Gasteiger partial charge in [-0.2, -0.15) is 5.10 Å².